The van der Waals surface area contributed by atoms with Crippen molar-refractivity contribution in [3.8, 4) is 0 Å². The molecule has 251 valence electrons. The maximum atomic E-state index is 5.48. The summed E-state index contributed by atoms with van der Waals surface area (Å²) < 4.78 is 0. The summed E-state index contributed by atoms with van der Waals surface area (Å²) >= 11 is 0. The maximum absolute atomic E-state index is 5.48. The van der Waals surface area contributed by atoms with E-state index in [0.29, 0.717) is 0 Å². The van der Waals surface area contributed by atoms with Crippen LogP contribution in [0.5, 0.6) is 0 Å². The second kappa shape index (κ2) is 13.1. The van der Waals surface area contributed by atoms with Gasteiger partial charge in [-0.15, -0.1) is 64.7 Å². The Labute approximate surface area is 306 Å². The van der Waals surface area contributed by atoms with E-state index >= 15 is 0 Å². The van der Waals surface area contributed by atoms with Crippen molar-refractivity contribution in [1.82, 2.24) is 15.0 Å². The third-order valence-corrected chi connectivity index (χ3v) is 9.22. The molecule has 0 spiro atoms. The molecule has 0 amide bonds. The molecule has 3 nitrogen and oxygen atoms in total. The van der Waals surface area contributed by atoms with Gasteiger partial charge in [-0.2, -0.15) is 11.0 Å². The Morgan fingerprint density at radius 2 is 0.918 bits per heavy atom. The molecule has 2 aliphatic rings. The molecule has 2 aromatic carbocycles. The van der Waals surface area contributed by atoms with Gasteiger partial charge < -0.3 is 9.97 Å². The monoisotopic (exact) mass is 731 g/mol. The summed E-state index contributed by atoms with van der Waals surface area (Å²) in [6, 6.07) is 33.7. The third-order valence-electron chi connectivity index (χ3n) is 9.22. The number of nitrogens with zero attached hydrogens (tertiary/aromatic N) is 3. The predicted molar refractivity (Wildman–Crippen MR) is 203 cm³/mol. The van der Waals surface area contributed by atoms with Crippen molar-refractivity contribution in [2.75, 3.05) is 0 Å². The van der Waals surface area contributed by atoms with E-state index in [-0.39, 0.29) is 33.2 Å². The SMILES string of the molecule is Cc1c(C(C)(C)C)c2cc3nc(cc4[n-]c(cc5[c-]c(cc1[n-]2)C=CC=C5)c(C)c4C(C)(C)C)C(c1ccccc1)=C3c1ccccc1.[Ag]. The molecule has 0 saturated heterocycles. The van der Waals surface area contributed by atoms with Crippen molar-refractivity contribution in [1.29, 1.82) is 0 Å². The van der Waals surface area contributed by atoms with E-state index < -0.39 is 0 Å². The van der Waals surface area contributed by atoms with E-state index in [4.69, 9.17) is 15.0 Å². The van der Waals surface area contributed by atoms with Crippen LogP contribution in [0.4, 0.5) is 0 Å². The van der Waals surface area contributed by atoms with Crippen LogP contribution >= 0.6 is 0 Å². The minimum atomic E-state index is -0.132. The second-order valence-electron chi connectivity index (χ2n) is 15.0. The van der Waals surface area contributed by atoms with Crippen LogP contribution in [0.1, 0.15) is 97.4 Å². The van der Waals surface area contributed by atoms with Gasteiger partial charge in [0, 0.05) is 33.5 Å². The number of hydrogen-bond donors (Lipinski definition) is 0. The fraction of sp³-hybridized carbons (Fsp3) is 0.222. The molecular weight excluding hydrogens is 690 g/mol. The summed E-state index contributed by atoms with van der Waals surface area (Å²) in [4.78, 5) is 16.1. The van der Waals surface area contributed by atoms with E-state index in [1.807, 2.05) is 0 Å². The van der Waals surface area contributed by atoms with Crippen LogP contribution in [0.3, 0.4) is 0 Å². The fourth-order valence-electron chi connectivity index (χ4n) is 7.35. The molecule has 4 heterocycles. The van der Waals surface area contributed by atoms with Gasteiger partial charge in [0.1, 0.15) is 0 Å². The topological polar surface area (TPSA) is 41.1 Å². The maximum Gasteiger partial charge on any atom is 0.0710 e. The second-order valence-corrected chi connectivity index (χ2v) is 15.0. The van der Waals surface area contributed by atoms with Gasteiger partial charge in [-0.1, -0.05) is 137 Å². The van der Waals surface area contributed by atoms with Crippen LogP contribution < -0.4 is 9.97 Å². The van der Waals surface area contributed by atoms with Crippen molar-refractivity contribution in [2.45, 2.75) is 66.2 Å². The Morgan fingerprint density at radius 1 is 0.531 bits per heavy atom. The number of rotatable bonds is 2. The Hall–Kier alpha value is -4.41. The van der Waals surface area contributed by atoms with Crippen molar-refractivity contribution >= 4 is 45.4 Å². The van der Waals surface area contributed by atoms with Gasteiger partial charge in [-0.25, -0.2) is 4.98 Å². The largest absolute Gasteiger partial charge is 0.664 e. The molecule has 7 rings (SSSR count). The molecule has 0 saturated carbocycles. The molecule has 0 N–H and O–H groups in total. The molecular formula is C45H42AgN3-3. The zero-order valence-corrected chi connectivity index (χ0v) is 31.0. The minimum absolute atomic E-state index is 0. The van der Waals surface area contributed by atoms with Crippen LogP contribution in [0.15, 0.2) is 97.1 Å². The van der Waals surface area contributed by atoms with E-state index in [9.17, 15) is 0 Å². The van der Waals surface area contributed by atoms with E-state index in [0.717, 1.165) is 66.9 Å². The van der Waals surface area contributed by atoms with Gasteiger partial charge in [0.15, 0.2) is 0 Å². The van der Waals surface area contributed by atoms with Gasteiger partial charge in [0.05, 0.1) is 11.4 Å². The Bertz CT molecular complexity index is 2140. The summed E-state index contributed by atoms with van der Waals surface area (Å²) in [7, 11) is 0. The van der Waals surface area contributed by atoms with Crippen molar-refractivity contribution in [2.24, 2.45) is 0 Å². The molecule has 3 aromatic heterocycles. The smallest absolute Gasteiger partial charge is 0.0710 e. The molecule has 4 heteroatoms. The first kappa shape index (κ1) is 34.5. The summed E-state index contributed by atoms with van der Waals surface area (Å²) in [5.41, 5.74) is 16.6. The number of fused-ring (bicyclic) bond motifs is 8. The molecule has 0 fully saturated rings. The molecule has 1 radical (unpaired) electrons. The van der Waals surface area contributed by atoms with Gasteiger partial charge in [-0.3, -0.25) is 0 Å². The number of aromatic nitrogens is 3. The molecule has 8 bridgehead atoms. The summed E-state index contributed by atoms with van der Waals surface area (Å²) in [6.45, 7) is 18.0. The standard InChI is InChI=1S/C45H42N3.Ag/c1-28-34-24-30-17-15-16-18-31(23-30)25-35-29(2)43(45(6,7)8)39(47-35)27-37-41(33-21-13-10-14-22-33)40(32-19-11-9-12-20-32)36(48-37)26-38(46-34)42(28)44(3,4)5;/h9-22,24-27H,1-8H3;/q-3;. The zero-order chi connectivity index (χ0) is 33.8. The fourth-order valence-corrected chi connectivity index (χ4v) is 7.35. The van der Waals surface area contributed by atoms with Gasteiger partial charge in [0.2, 0.25) is 0 Å². The van der Waals surface area contributed by atoms with Crippen LogP contribution in [0.2, 0.25) is 0 Å². The van der Waals surface area contributed by atoms with Crippen molar-refractivity contribution in [3.63, 3.8) is 0 Å². The number of hydrogen-bond acceptors (Lipinski definition) is 1. The molecule has 0 atom stereocenters. The van der Waals surface area contributed by atoms with Gasteiger partial charge in [-0.05, 0) is 35.8 Å². The van der Waals surface area contributed by atoms with Crippen LogP contribution in [-0.4, -0.2) is 4.98 Å². The summed E-state index contributed by atoms with van der Waals surface area (Å²) in [5.74, 6) is 0. The van der Waals surface area contributed by atoms with Crippen LogP contribution in [0.25, 0.3) is 45.4 Å². The summed E-state index contributed by atoms with van der Waals surface area (Å²) in [5, 5.41) is 0. The number of aryl methyl sites for hydroxylation is 2. The zero-order valence-electron chi connectivity index (χ0n) is 29.5. The first-order valence-corrected chi connectivity index (χ1v) is 16.8. The molecule has 5 aromatic rings. The Balaban J connectivity index is 0.00000417. The first-order valence-electron chi connectivity index (χ1n) is 16.8. The van der Waals surface area contributed by atoms with E-state index in [1.54, 1.807) is 0 Å². The normalized spacial score (nSPS) is 13.3. The quantitative estimate of drug-likeness (QED) is 0.131. The Kier molecular flexibility index (Phi) is 9.23. The van der Waals surface area contributed by atoms with Crippen molar-refractivity contribution < 1.29 is 22.4 Å². The average Bonchev–Trinajstić information content (AvgIpc) is 3.58. The third kappa shape index (κ3) is 6.64. The first-order chi connectivity index (χ1) is 22.9. The van der Waals surface area contributed by atoms with Crippen LogP contribution in [-0.2, 0) is 33.2 Å². The Morgan fingerprint density at radius 3 is 1.29 bits per heavy atom. The van der Waals surface area contributed by atoms with Crippen LogP contribution in [0, 0.1) is 19.9 Å². The summed E-state index contributed by atoms with van der Waals surface area (Å²) in [6.07, 6.45) is 8.34. The number of allylic oxidation sites excluding steroid dienone is 2. The van der Waals surface area contributed by atoms with E-state index in [1.165, 1.54) is 22.3 Å². The molecule has 49 heavy (non-hydrogen) atoms. The van der Waals surface area contributed by atoms with Gasteiger partial charge >= 0.3 is 0 Å². The average molecular weight is 733 g/mol. The number of benzene rings is 2. The molecule has 1 aliphatic heterocycles. The molecule has 0 unspecified atom stereocenters. The van der Waals surface area contributed by atoms with Crippen molar-refractivity contribution in [3.05, 3.63) is 159 Å². The molecule has 1 aliphatic carbocycles. The minimum Gasteiger partial charge on any atom is -0.664 e. The van der Waals surface area contributed by atoms with E-state index in [2.05, 4.69) is 171 Å². The van der Waals surface area contributed by atoms with Gasteiger partial charge in [0.25, 0.3) is 0 Å². The predicted octanol–water partition coefficient (Wildman–Crippen LogP) is 10.9.